The minimum atomic E-state index is -0.448. The number of rotatable bonds is 7. The SMILES string of the molecule is Cl.O=C(Nc1ccc(Cl)cc1)c1oc2ccccc2c1NC(=O)C1CCC(NCCO)CC1. The third-order valence-corrected chi connectivity index (χ3v) is 6.05. The van der Waals surface area contributed by atoms with E-state index in [1.807, 2.05) is 18.2 Å². The van der Waals surface area contributed by atoms with Crippen molar-refractivity contribution in [2.45, 2.75) is 31.7 Å². The molecule has 1 fully saturated rings. The van der Waals surface area contributed by atoms with Crippen LogP contribution in [0, 0.1) is 5.92 Å². The second-order valence-electron chi connectivity index (χ2n) is 7.98. The number of carbonyl (C=O) groups excluding carboxylic acids is 2. The fraction of sp³-hybridized carbons (Fsp3) is 0.333. The maximum atomic E-state index is 13.0. The first-order valence-corrected chi connectivity index (χ1v) is 11.2. The van der Waals surface area contributed by atoms with Crippen molar-refractivity contribution in [3.63, 3.8) is 0 Å². The fourth-order valence-corrected chi connectivity index (χ4v) is 4.23. The van der Waals surface area contributed by atoms with Crippen LogP contribution in [0.2, 0.25) is 5.02 Å². The number of fused-ring (bicyclic) bond motifs is 1. The Balaban J connectivity index is 0.00000306. The summed E-state index contributed by atoms with van der Waals surface area (Å²) in [7, 11) is 0. The van der Waals surface area contributed by atoms with Crippen molar-refractivity contribution in [1.82, 2.24) is 5.32 Å². The van der Waals surface area contributed by atoms with Crippen molar-refractivity contribution in [2.24, 2.45) is 5.92 Å². The first-order valence-electron chi connectivity index (χ1n) is 10.8. The molecule has 0 radical (unpaired) electrons. The van der Waals surface area contributed by atoms with Gasteiger partial charge in [0.25, 0.3) is 5.91 Å². The standard InChI is InChI=1S/C24H26ClN3O4.ClH/c25-16-7-11-18(12-8-16)27-24(31)22-21(19-3-1-2-4-20(19)32-22)28-23(30)15-5-9-17(10-6-15)26-13-14-29;/h1-4,7-8,11-12,15,17,26,29H,5-6,9-10,13-14H2,(H,27,31)(H,28,30);1H. The highest BCUT2D eigenvalue weighted by atomic mass is 35.5. The molecule has 176 valence electrons. The lowest BCUT2D eigenvalue weighted by atomic mass is 9.85. The van der Waals surface area contributed by atoms with Crippen LogP contribution >= 0.6 is 24.0 Å². The molecule has 0 unspecified atom stereocenters. The number of benzene rings is 2. The van der Waals surface area contributed by atoms with Crippen molar-refractivity contribution >= 4 is 58.2 Å². The van der Waals surface area contributed by atoms with Gasteiger partial charge in [-0.2, -0.15) is 0 Å². The molecule has 0 bridgehead atoms. The summed E-state index contributed by atoms with van der Waals surface area (Å²) in [6, 6.07) is 14.3. The lowest BCUT2D eigenvalue weighted by Gasteiger charge is -2.28. The van der Waals surface area contributed by atoms with Crippen molar-refractivity contribution in [3.05, 3.63) is 59.3 Å². The second kappa shape index (κ2) is 11.5. The van der Waals surface area contributed by atoms with Gasteiger partial charge in [-0.3, -0.25) is 9.59 Å². The molecular formula is C24H27Cl2N3O4. The Kier molecular flexibility index (Phi) is 8.74. The molecule has 4 N–H and O–H groups in total. The number of furan rings is 1. The summed E-state index contributed by atoms with van der Waals surface area (Å²) in [5.74, 6) is -0.635. The molecule has 1 aliphatic carbocycles. The van der Waals surface area contributed by atoms with Gasteiger partial charge in [-0.05, 0) is 62.1 Å². The van der Waals surface area contributed by atoms with E-state index < -0.39 is 5.91 Å². The minimum absolute atomic E-state index is 0. The number of halogens is 2. The van der Waals surface area contributed by atoms with Crippen LogP contribution in [0.4, 0.5) is 11.4 Å². The minimum Gasteiger partial charge on any atom is -0.449 e. The number of hydrogen-bond acceptors (Lipinski definition) is 5. The lowest BCUT2D eigenvalue weighted by molar-refractivity contribution is -0.120. The molecule has 33 heavy (non-hydrogen) atoms. The molecule has 1 aliphatic rings. The quantitative estimate of drug-likeness (QED) is 0.378. The van der Waals surface area contributed by atoms with E-state index in [1.54, 1.807) is 30.3 Å². The van der Waals surface area contributed by atoms with Gasteiger partial charge in [0.05, 0.1) is 6.61 Å². The first kappa shape index (κ1) is 25.1. The molecule has 1 heterocycles. The van der Waals surface area contributed by atoms with Gasteiger partial charge >= 0.3 is 0 Å². The zero-order valence-corrected chi connectivity index (χ0v) is 19.5. The Morgan fingerprint density at radius 2 is 1.70 bits per heavy atom. The van der Waals surface area contributed by atoms with E-state index in [9.17, 15) is 9.59 Å². The van der Waals surface area contributed by atoms with Gasteiger partial charge in [-0.15, -0.1) is 12.4 Å². The van der Waals surface area contributed by atoms with Gasteiger partial charge in [-0.25, -0.2) is 0 Å². The average molecular weight is 492 g/mol. The Bertz CT molecular complexity index is 1090. The number of hydrogen-bond donors (Lipinski definition) is 4. The predicted molar refractivity (Wildman–Crippen MR) is 132 cm³/mol. The average Bonchev–Trinajstić information content (AvgIpc) is 3.18. The summed E-state index contributed by atoms with van der Waals surface area (Å²) < 4.78 is 5.82. The van der Waals surface area contributed by atoms with Crippen LogP contribution in [-0.4, -0.2) is 36.1 Å². The van der Waals surface area contributed by atoms with Gasteiger partial charge in [0.15, 0.2) is 0 Å². The van der Waals surface area contributed by atoms with Gasteiger partial charge in [0, 0.05) is 34.6 Å². The highest BCUT2D eigenvalue weighted by Gasteiger charge is 2.29. The van der Waals surface area contributed by atoms with Crippen LogP contribution in [0.1, 0.15) is 36.2 Å². The highest BCUT2D eigenvalue weighted by molar-refractivity contribution is 6.30. The van der Waals surface area contributed by atoms with Crippen LogP contribution in [0.5, 0.6) is 0 Å². The number of amides is 2. The van der Waals surface area contributed by atoms with Crippen LogP contribution in [0.15, 0.2) is 52.9 Å². The highest BCUT2D eigenvalue weighted by Crippen LogP contribution is 2.33. The first-order chi connectivity index (χ1) is 15.5. The van der Waals surface area contributed by atoms with Crippen LogP contribution in [0.25, 0.3) is 11.0 Å². The Morgan fingerprint density at radius 3 is 2.39 bits per heavy atom. The van der Waals surface area contributed by atoms with E-state index in [1.165, 1.54) is 0 Å². The lowest BCUT2D eigenvalue weighted by Crippen LogP contribution is -2.37. The molecule has 0 atom stereocenters. The molecule has 3 aromatic rings. The zero-order chi connectivity index (χ0) is 22.5. The second-order valence-corrected chi connectivity index (χ2v) is 8.42. The molecule has 4 rings (SSSR count). The fourth-order valence-electron chi connectivity index (χ4n) is 4.10. The maximum Gasteiger partial charge on any atom is 0.293 e. The van der Waals surface area contributed by atoms with E-state index >= 15 is 0 Å². The summed E-state index contributed by atoms with van der Waals surface area (Å²) in [5.41, 5.74) is 1.49. The summed E-state index contributed by atoms with van der Waals surface area (Å²) in [5, 5.41) is 19.3. The van der Waals surface area contributed by atoms with E-state index in [0.717, 1.165) is 25.7 Å². The summed E-state index contributed by atoms with van der Waals surface area (Å²) in [6.45, 7) is 0.670. The number of anilines is 2. The van der Waals surface area contributed by atoms with Crippen molar-refractivity contribution in [3.8, 4) is 0 Å². The van der Waals surface area contributed by atoms with Crippen LogP contribution in [0.3, 0.4) is 0 Å². The normalized spacial score (nSPS) is 17.9. The number of carbonyl (C=O) groups is 2. The number of nitrogens with one attached hydrogen (secondary N) is 3. The molecule has 9 heteroatoms. The molecule has 0 saturated heterocycles. The molecule has 2 aromatic carbocycles. The number of aliphatic hydroxyl groups excluding tert-OH is 1. The molecular weight excluding hydrogens is 465 g/mol. The maximum absolute atomic E-state index is 13.0. The summed E-state index contributed by atoms with van der Waals surface area (Å²) in [4.78, 5) is 26.0. The monoisotopic (exact) mass is 491 g/mol. The van der Waals surface area contributed by atoms with Crippen molar-refractivity contribution in [1.29, 1.82) is 0 Å². The zero-order valence-electron chi connectivity index (χ0n) is 18.0. The molecule has 7 nitrogen and oxygen atoms in total. The van der Waals surface area contributed by atoms with E-state index in [-0.39, 0.29) is 36.6 Å². The Hall–Kier alpha value is -2.58. The summed E-state index contributed by atoms with van der Waals surface area (Å²) >= 11 is 5.92. The van der Waals surface area contributed by atoms with Gasteiger partial charge in [0.2, 0.25) is 11.7 Å². The Morgan fingerprint density at radius 1 is 1.00 bits per heavy atom. The van der Waals surface area contributed by atoms with Crippen molar-refractivity contribution in [2.75, 3.05) is 23.8 Å². The largest absolute Gasteiger partial charge is 0.449 e. The topological polar surface area (TPSA) is 104 Å². The van der Waals surface area contributed by atoms with E-state index in [4.69, 9.17) is 21.1 Å². The molecule has 1 aromatic heterocycles. The van der Waals surface area contributed by atoms with Gasteiger partial charge in [-0.1, -0.05) is 23.7 Å². The predicted octanol–water partition coefficient (Wildman–Crippen LogP) is 4.84. The Labute approximate surface area is 203 Å². The molecule has 1 saturated carbocycles. The molecule has 2 amide bonds. The third kappa shape index (κ3) is 6.06. The number of para-hydroxylation sites is 1. The van der Waals surface area contributed by atoms with Crippen LogP contribution < -0.4 is 16.0 Å². The third-order valence-electron chi connectivity index (χ3n) is 5.79. The molecule has 0 spiro atoms. The van der Waals surface area contributed by atoms with Crippen molar-refractivity contribution < 1.29 is 19.1 Å². The molecule has 0 aliphatic heterocycles. The number of aliphatic hydroxyl groups is 1. The summed E-state index contributed by atoms with van der Waals surface area (Å²) in [6.07, 6.45) is 3.23. The van der Waals surface area contributed by atoms with Gasteiger partial charge in [0.1, 0.15) is 11.3 Å². The van der Waals surface area contributed by atoms with E-state index in [2.05, 4.69) is 16.0 Å². The smallest absolute Gasteiger partial charge is 0.293 e. The van der Waals surface area contributed by atoms with Gasteiger partial charge < -0.3 is 25.5 Å². The van der Waals surface area contributed by atoms with E-state index in [0.29, 0.717) is 40.0 Å². The van der Waals surface area contributed by atoms with Crippen LogP contribution in [-0.2, 0) is 4.79 Å².